The molecule has 1 aromatic carbocycles. The summed E-state index contributed by atoms with van der Waals surface area (Å²) < 4.78 is 5.91. The number of rotatable bonds is 7. The minimum absolute atomic E-state index is 0.306. The zero-order valence-electron chi connectivity index (χ0n) is 13.3. The van der Waals surface area contributed by atoms with Crippen LogP contribution in [0.5, 0.6) is 0 Å². The van der Waals surface area contributed by atoms with E-state index < -0.39 is 0 Å². The molecule has 1 aliphatic rings. The van der Waals surface area contributed by atoms with Crippen molar-refractivity contribution in [2.75, 3.05) is 13.7 Å². The Hall–Kier alpha value is -0.570. The van der Waals surface area contributed by atoms with Gasteiger partial charge in [-0.25, -0.2) is 0 Å². The number of hydrogen-bond donors (Lipinski definition) is 1. The predicted octanol–water partition coefficient (Wildman–Crippen LogP) is 4.46. The Balaban J connectivity index is 2.05. The van der Waals surface area contributed by atoms with Crippen LogP contribution in [0.4, 0.5) is 0 Å². The van der Waals surface area contributed by atoms with Gasteiger partial charge in [0.25, 0.3) is 0 Å². The van der Waals surface area contributed by atoms with Crippen LogP contribution in [0.25, 0.3) is 0 Å². The first-order valence-electron chi connectivity index (χ1n) is 8.25. The second-order valence-corrected chi connectivity index (χ2v) is 6.53. The summed E-state index contributed by atoms with van der Waals surface area (Å²) in [6, 6.07) is 8.58. The molecule has 3 heteroatoms. The van der Waals surface area contributed by atoms with Crippen molar-refractivity contribution in [3.63, 3.8) is 0 Å². The second-order valence-electron chi connectivity index (χ2n) is 6.09. The number of nitrogens with one attached hydrogen (secondary N) is 1. The summed E-state index contributed by atoms with van der Waals surface area (Å²) in [5.74, 6) is 0.695. The molecule has 2 atom stereocenters. The highest BCUT2D eigenvalue weighted by molar-refractivity contribution is 6.30. The Morgan fingerprint density at radius 3 is 2.43 bits per heavy atom. The van der Waals surface area contributed by atoms with E-state index in [1.807, 2.05) is 19.2 Å². The molecule has 0 heterocycles. The maximum absolute atomic E-state index is 5.98. The van der Waals surface area contributed by atoms with Crippen LogP contribution >= 0.6 is 11.6 Å². The Kier molecular flexibility index (Phi) is 7.01. The molecule has 1 aliphatic carbocycles. The van der Waals surface area contributed by atoms with E-state index in [-0.39, 0.29) is 0 Å². The number of hydrogen-bond acceptors (Lipinski definition) is 2. The molecular formula is C18H28ClNO. The molecule has 2 unspecified atom stereocenters. The summed E-state index contributed by atoms with van der Waals surface area (Å²) in [7, 11) is 1.87. The van der Waals surface area contributed by atoms with Gasteiger partial charge in [0.1, 0.15) is 0 Å². The van der Waals surface area contributed by atoms with Crippen molar-refractivity contribution >= 4 is 11.6 Å². The second kappa shape index (κ2) is 8.77. The summed E-state index contributed by atoms with van der Waals surface area (Å²) in [6.07, 6.45) is 8.01. The molecule has 0 aliphatic heterocycles. The Morgan fingerprint density at radius 2 is 1.86 bits per heavy atom. The molecule has 1 N–H and O–H groups in total. The van der Waals surface area contributed by atoms with E-state index >= 15 is 0 Å². The van der Waals surface area contributed by atoms with Crippen LogP contribution in [0.1, 0.15) is 44.6 Å². The standard InChI is InChI=1S/C18H28ClNO/c1-3-20-17(13-14-9-11-16(19)12-10-14)18(21-2)15-7-5-4-6-8-15/h9-12,15,17-18,20H,3-8,13H2,1-2H3. The minimum atomic E-state index is 0.306. The molecule has 0 amide bonds. The molecule has 1 saturated carbocycles. The first-order chi connectivity index (χ1) is 10.2. The van der Waals surface area contributed by atoms with E-state index in [0.29, 0.717) is 18.1 Å². The average Bonchev–Trinajstić information content (AvgIpc) is 2.51. The molecule has 0 radical (unpaired) electrons. The lowest BCUT2D eigenvalue weighted by Gasteiger charge is -2.35. The highest BCUT2D eigenvalue weighted by Crippen LogP contribution is 2.30. The fourth-order valence-electron chi connectivity index (χ4n) is 3.59. The van der Waals surface area contributed by atoms with Crippen LogP contribution in [0, 0.1) is 5.92 Å². The molecule has 2 nitrogen and oxygen atoms in total. The molecule has 118 valence electrons. The fourth-order valence-corrected chi connectivity index (χ4v) is 3.72. The quantitative estimate of drug-likeness (QED) is 0.803. The first kappa shape index (κ1) is 16.8. The lowest BCUT2D eigenvalue weighted by molar-refractivity contribution is 0.00869. The van der Waals surface area contributed by atoms with Crippen LogP contribution in [0.15, 0.2) is 24.3 Å². The first-order valence-corrected chi connectivity index (χ1v) is 8.63. The van der Waals surface area contributed by atoms with Gasteiger partial charge in [-0.3, -0.25) is 0 Å². The lowest BCUT2D eigenvalue weighted by Crippen LogP contribution is -2.46. The van der Waals surface area contributed by atoms with E-state index in [9.17, 15) is 0 Å². The Bertz CT molecular complexity index is 400. The molecule has 0 spiro atoms. The van der Waals surface area contributed by atoms with Gasteiger partial charge in [0, 0.05) is 18.2 Å². The summed E-state index contributed by atoms with van der Waals surface area (Å²) in [5.41, 5.74) is 1.32. The molecule has 21 heavy (non-hydrogen) atoms. The van der Waals surface area contributed by atoms with Gasteiger partial charge in [-0.05, 0) is 49.4 Å². The number of ether oxygens (including phenoxy) is 1. The van der Waals surface area contributed by atoms with Gasteiger partial charge in [0.15, 0.2) is 0 Å². The summed E-state index contributed by atoms with van der Waals surface area (Å²) >= 11 is 5.98. The highest BCUT2D eigenvalue weighted by Gasteiger charge is 2.30. The van der Waals surface area contributed by atoms with Crippen LogP contribution in [0.2, 0.25) is 5.02 Å². The average molecular weight is 310 g/mol. The summed E-state index contributed by atoms with van der Waals surface area (Å²) in [5, 5.41) is 4.44. The van der Waals surface area contributed by atoms with Gasteiger partial charge in [0.2, 0.25) is 0 Å². The topological polar surface area (TPSA) is 21.3 Å². The van der Waals surface area contributed by atoms with Crippen LogP contribution in [-0.2, 0) is 11.2 Å². The maximum atomic E-state index is 5.98. The smallest absolute Gasteiger partial charge is 0.0755 e. The molecule has 0 aromatic heterocycles. The van der Waals surface area contributed by atoms with Gasteiger partial charge >= 0.3 is 0 Å². The normalized spacial score (nSPS) is 19.4. The lowest BCUT2D eigenvalue weighted by atomic mass is 9.81. The van der Waals surface area contributed by atoms with E-state index in [0.717, 1.165) is 18.0 Å². The van der Waals surface area contributed by atoms with Gasteiger partial charge in [-0.15, -0.1) is 0 Å². The maximum Gasteiger partial charge on any atom is 0.0755 e. The third-order valence-corrected chi connectivity index (χ3v) is 4.87. The monoisotopic (exact) mass is 309 g/mol. The van der Waals surface area contributed by atoms with Crippen LogP contribution in [0.3, 0.4) is 0 Å². The molecule has 1 aromatic rings. The number of likely N-dealkylation sites (N-methyl/N-ethyl adjacent to an activating group) is 1. The van der Waals surface area contributed by atoms with Crippen LogP contribution in [-0.4, -0.2) is 25.8 Å². The largest absolute Gasteiger partial charge is 0.380 e. The molecule has 2 rings (SSSR count). The van der Waals surface area contributed by atoms with E-state index in [2.05, 4.69) is 24.4 Å². The molecule has 1 fully saturated rings. The van der Waals surface area contributed by atoms with E-state index in [4.69, 9.17) is 16.3 Å². The fraction of sp³-hybridized carbons (Fsp3) is 0.667. The van der Waals surface area contributed by atoms with Crippen molar-refractivity contribution in [1.82, 2.24) is 5.32 Å². The number of methoxy groups -OCH3 is 1. The third kappa shape index (κ3) is 4.98. The van der Waals surface area contributed by atoms with Crippen LogP contribution < -0.4 is 5.32 Å². The van der Waals surface area contributed by atoms with Crippen molar-refractivity contribution < 1.29 is 4.74 Å². The number of halogens is 1. The zero-order chi connectivity index (χ0) is 15.1. The van der Waals surface area contributed by atoms with Gasteiger partial charge in [-0.2, -0.15) is 0 Å². The third-order valence-electron chi connectivity index (χ3n) is 4.62. The number of benzene rings is 1. The summed E-state index contributed by atoms with van der Waals surface area (Å²) in [4.78, 5) is 0. The van der Waals surface area contributed by atoms with Crippen molar-refractivity contribution in [1.29, 1.82) is 0 Å². The highest BCUT2D eigenvalue weighted by atomic mass is 35.5. The van der Waals surface area contributed by atoms with Crippen molar-refractivity contribution in [2.24, 2.45) is 5.92 Å². The van der Waals surface area contributed by atoms with Crippen molar-refractivity contribution in [3.8, 4) is 0 Å². The Labute approximate surface area is 134 Å². The molecule has 0 bridgehead atoms. The zero-order valence-corrected chi connectivity index (χ0v) is 14.0. The van der Waals surface area contributed by atoms with E-state index in [1.165, 1.54) is 37.7 Å². The predicted molar refractivity (Wildman–Crippen MR) is 90.0 cm³/mol. The summed E-state index contributed by atoms with van der Waals surface area (Å²) in [6.45, 7) is 3.15. The van der Waals surface area contributed by atoms with E-state index in [1.54, 1.807) is 0 Å². The molecular weight excluding hydrogens is 282 g/mol. The SMILES string of the molecule is CCNC(Cc1ccc(Cl)cc1)C(OC)C1CCCCC1. The van der Waals surface area contributed by atoms with Gasteiger partial charge < -0.3 is 10.1 Å². The minimum Gasteiger partial charge on any atom is -0.380 e. The van der Waals surface area contributed by atoms with Crippen molar-refractivity contribution in [3.05, 3.63) is 34.9 Å². The van der Waals surface area contributed by atoms with Gasteiger partial charge in [-0.1, -0.05) is 49.9 Å². The van der Waals surface area contributed by atoms with Gasteiger partial charge in [0.05, 0.1) is 6.10 Å². The van der Waals surface area contributed by atoms with Crippen molar-refractivity contribution in [2.45, 2.75) is 57.6 Å². The molecule has 0 saturated heterocycles. The Morgan fingerprint density at radius 1 is 1.19 bits per heavy atom.